The quantitative estimate of drug-likeness (QED) is 0.590. The maximum atomic E-state index is 13.1. The fourth-order valence-corrected chi connectivity index (χ4v) is 4.08. The first-order valence-corrected chi connectivity index (χ1v) is 10.3. The van der Waals surface area contributed by atoms with Crippen molar-refractivity contribution in [3.8, 4) is 5.75 Å². The summed E-state index contributed by atoms with van der Waals surface area (Å²) in [5.74, 6) is -1.10. The van der Waals surface area contributed by atoms with Gasteiger partial charge in [0.25, 0.3) is 5.91 Å². The number of allylic oxidation sites excluding steroid dienone is 1. The molecule has 2 aromatic carbocycles. The van der Waals surface area contributed by atoms with Crippen molar-refractivity contribution in [2.75, 3.05) is 12.0 Å². The Labute approximate surface area is 182 Å². The van der Waals surface area contributed by atoms with E-state index in [4.69, 9.17) is 4.74 Å². The fourth-order valence-electron chi connectivity index (χ4n) is 3.37. The number of aryl methyl sites for hydroxylation is 1. The van der Waals surface area contributed by atoms with Crippen molar-refractivity contribution < 1.29 is 19.4 Å². The lowest BCUT2D eigenvalue weighted by atomic mass is 9.95. The molecule has 2 heterocycles. The molecule has 31 heavy (non-hydrogen) atoms. The van der Waals surface area contributed by atoms with Gasteiger partial charge in [0.2, 0.25) is 5.13 Å². The van der Waals surface area contributed by atoms with E-state index in [9.17, 15) is 14.7 Å². The van der Waals surface area contributed by atoms with E-state index in [0.29, 0.717) is 21.5 Å². The Morgan fingerprint density at radius 3 is 2.45 bits per heavy atom. The third kappa shape index (κ3) is 3.97. The maximum absolute atomic E-state index is 13.1. The molecule has 0 saturated carbocycles. The van der Waals surface area contributed by atoms with Crippen molar-refractivity contribution >= 4 is 34.2 Å². The summed E-state index contributed by atoms with van der Waals surface area (Å²) in [6.45, 7) is 1.77. The normalized spacial score (nSPS) is 16.4. The summed E-state index contributed by atoms with van der Waals surface area (Å²) in [4.78, 5) is 27.4. The molecule has 1 atom stereocenters. The van der Waals surface area contributed by atoms with Crippen LogP contribution >= 0.6 is 11.3 Å². The molecule has 1 amide bonds. The highest BCUT2D eigenvalue weighted by molar-refractivity contribution is 7.15. The number of aliphatic hydroxyl groups excluding tert-OH is 1. The Morgan fingerprint density at radius 1 is 1.13 bits per heavy atom. The average Bonchev–Trinajstić information content (AvgIpc) is 3.33. The predicted octanol–water partition coefficient (Wildman–Crippen LogP) is 4.04. The highest BCUT2D eigenvalue weighted by Crippen LogP contribution is 2.42. The Hall–Kier alpha value is -3.78. The molecule has 3 aromatic rings. The Bertz CT molecular complexity index is 1180. The number of ketones is 1. The highest BCUT2D eigenvalue weighted by atomic mass is 32.1. The van der Waals surface area contributed by atoms with Gasteiger partial charge < -0.3 is 9.84 Å². The number of carbonyl (C=O) groups is 2. The topological polar surface area (TPSA) is 92.6 Å². The molecule has 1 aromatic heterocycles. The van der Waals surface area contributed by atoms with Crippen LogP contribution in [0.3, 0.4) is 0 Å². The van der Waals surface area contributed by atoms with Crippen LogP contribution in [0.2, 0.25) is 0 Å². The second kappa shape index (κ2) is 8.53. The van der Waals surface area contributed by atoms with Gasteiger partial charge in [-0.2, -0.15) is 0 Å². The molecule has 0 radical (unpaired) electrons. The van der Waals surface area contributed by atoms with Crippen LogP contribution in [0.5, 0.6) is 5.75 Å². The van der Waals surface area contributed by atoms with Crippen LogP contribution in [-0.2, 0) is 9.59 Å². The van der Waals surface area contributed by atoms with Crippen LogP contribution in [0.15, 0.2) is 72.0 Å². The molecule has 0 spiro atoms. The van der Waals surface area contributed by atoms with Gasteiger partial charge in [0.05, 0.1) is 18.7 Å². The summed E-state index contributed by atoms with van der Waals surface area (Å²) in [6.07, 6.45) is 3.01. The third-order valence-corrected chi connectivity index (χ3v) is 5.69. The standard InChI is InChI=1S/C23H19N3O4S/c1-14-24-25-23(31-14)26-20(16-9-11-17(30-2)12-10-16)19(21(28)22(26)29)18(27)13-8-15-6-4-3-5-7-15/h3-13,20,28H,1-2H3/b13-8+. The minimum absolute atomic E-state index is 0.00444. The number of carbonyl (C=O) groups excluding carboxylic acids is 2. The van der Waals surface area contributed by atoms with Gasteiger partial charge in [-0.1, -0.05) is 59.9 Å². The van der Waals surface area contributed by atoms with Gasteiger partial charge in [0.15, 0.2) is 11.5 Å². The maximum Gasteiger partial charge on any atom is 0.296 e. The Kier molecular flexibility index (Phi) is 5.64. The molecule has 7 nitrogen and oxygen atoms in total. The molecule has 1 N–H and O–H groups in total. The van der Waals surface area contributed by atoms with Crippen molar-refractivity contribution in [3.63, 3.8) is 0 Å². The number of benzene rings is 2. The molecule has 4 rings (SSSR count). The average molecular weight is 433 g/mol. The monoisotopic (exact) mass is 433 g/mol. The molecular weight excluding hydrogens is 414 g/mol. The van der Waals surface area contributed by atoms with E-state index < -0.39 is 23.5 Å². The van der Waals surface area contributed by atoms with Crippen LogP contribution < -0.4 is 9.64 Å². The largest absolute Gasteiger partial charge is 0.503 e. The van der Waals surface area contributed by atoms with Gasteiger partial charge >= 0.3 is 0 Å². The zero-order valence-electron chi connectivity index (χ0n) is 16.9. The Balaban J connectivity index is 1.77. The molecule has 1 aliphatic rings. The van der Waals surface area contributed by atoms with Crippen LogP contribution in [-0.4, -0.2) is 34.1 Å². The Morgan fingerprint density at radius 2 is 1.84 bits per heavy atom. The smallest absolute Gasteiger partial charge is 0.296 e. The van der Waals surface area contributed by atoms with Crippen molar-refractivity contribution in [1.82, 2.24) is 10.2 Å². The number of anilines is 1. The first-order valence-electron chi connectivity index (χ1n) is 9.48. The number of ether oxygens (including phenoxy) is 1. The van der Waals surface area contributed by atoms with Gasteiger partial charge in [0, 0.05) is 0 Å². The first-order chi connectivity index (χ1) is 15.0. The molecule has 0 saturated heterocycles. The molecule has 156 valence electrons. The minimum atomic E-state index is -0.835. The first kappa shape index (κ1) is 20.5. The highest BCUT2D eigenvalue weighted by Gasteiger charge is 2.45. The second-order valence-corrected chi connectivity index (χ2v) is 7.99. The lowest BCUT2D eigenvalue weighted by Crippen LogP contribution is -2.30. The van der Waals surface area contributed by atoms with E-state index in [-0.39, 0.29) is 5.57 Å². The van der Waals surface area contributed by atoms with Crippen LogP contribution in [0.1, 0.15) is 22.2 Å². The summed E-state index contributed by atoms with van der Waals surface area (Å²) in [6, 6.07) is 15.5. The molecule has 1 aliphatic heterocycles. The molecule has 8 heteroatoms. The van der Waals surface area contributed by atoms with E-state index in [0.717, 1.165) is 5.56 Å². The number of hydrogen-bond donors (Lipinski definition) is 1. The number of nitrogens with zero attached hydrogens (tertiary/aromatic N) is 3. The van der Waals surface area contributed by atoms with Crippen molar-refractivity contribution in [1.29, 1.82) is 0 Å². The van der Waals surface area contributed by atoms with E-state index in [1.54, 1.807) is 44.4 Å². The van der Waals surface area contributed by atoms with Crippen molar-refractivity contribution in [2.24, 2.45) is 0 Å². The van der Waals surface area contributed by atoms with Crippen LogP contribution in [0, 0.1) is 6.92 Å². The van der Waals surface area contributed by atoms with E-state index >= 15 is 0 Å². The molecule has 1 unspecified atom stereocenters. The SMILES string of the molecule is COc1ccc(C2C(C(=O)/C=C/c3ccccc3)=C(O)C(=O)N2c2nnc(C)s2)cc1. The molecule has 0 fully saturated rings. The number of amides is 1. The number of methoxy groups -OCH3 is 1. The number of aliphatic hydroxyl groups is 1. The van der Waals surface area contributed by atoms with Gasteiger partial charge in [0.1, 0.15) is 10.8 Å². The summed E-state index contributed by atoms with van der Waals surface area (Å²) in [5.41, 5.74) is 1.47. The molecule has 0 aliphatic carbocycles. The fraction of sp³-hybridized carbons (Fsp3) is 0.130. The molecule has 0 bridgehead atoms. The predicted molar refractivity (Wildman–Crippen MR) is 118 cm³/mol. The summed E-state index contributed by atoms with van der Waals surface area (Å²) in [7, 11) is 1.56. The zero-order chi connectivity index (χ0) is 22.0. The summed E-state index contributed by atoms with van der Waals surface area (Å²) in [5, 5.41) is 19.7. The van der Waals surface area contributed by atoms with E-state index in [1.165, 1.54) is 22.3 Å². The van der Waals surface area contributed by atoms with Crippen molar-refractivity contribution in [2.45, 2.75) is 13.0 Å². The van der Waals surface area contributed by atoms with Gasteiger partial charge in [-0.15, -0.1) is 10.2 Å². The lowest BCUT2D eigenvalue weighted by molar-refractivity contribution is -0.117. The van der Waals surface area contributed by atoms with Gasteiger partial charge in [-0.3, -0.25) is 14.5 Å². The second-order valence-electron chi connectivity index (χ2n) is 6.83. The van der Waals surface area contributed by atoms with Crippen molar-refractivity contribution in [3.05, 3.63) is 88.1 Å². The lowest BCUT2D eigenvalue weighted by Gasteiger charge is -2.23. The van der Waals surface area contributed by atoms with E-state index in [2.05, 4.69) is 10.2 Å². The number of hydrogen-bond acceptors (Lipinski definition) is 7. The summed E-state index contributed by atoms with van der Waals surface area (Å²) >= 11 is 1.21. The van der Waals surface area contributed by atoms with E-state index in [1.807, 2.05) is 30.3 Å². The van der Waals surface area contributed by atoms with Crippen LogP contribution in [0.4, 0.5) is 5.13 Å². The number of rotatable bonds is 6. The van der Waals surface area contributed by atoms with Crippen LogP contribution in [0.25, 0.3) is 6.08 Å². The zero-order valence-corrected chi connectivity index (χ0v) is 17.7. The minimum Gasteiger partial charge on any atom is -0.503 e. The number of aromatic nitrogens is 2. The summed E-state index contributed by atoms with van der Waals surface area (Å²) < 4.78 is 5.21. The van der Waals surface area contributed by atoms with Gasteiger partial charge in [-0.25, -0.2) is 0 Å². The van der Waals surface area contributed by atoms with Gasteiger partial charge in [-0.05, 0) is 36.3 Å². The third-order valence-electron chi connectivity index (χ3n) is 4.85. The molecular formula is C23H19N3O4S.